The molecule has 2 heterocycles. The molecule has 0 aliphatic rings. The van der Waals surface area contributed by atoms with Gasteiger partial charge in [-0.3, -0.25) is 0 Å². The van der Waals surface area contributed by atoms with Gasteiger partial charge in [-0.2, -0.15) is 0 Å². The number of pyridine rings is 1. The third-order valence-corrected chi connectivity index (χ3v) is 3.91. The Kier molecular flexibility index (Phi) is 3.61. The fourth-order valence-electron chi connectivity index (χ4n) is 2.61. The fourth-order valence-corrected chi connectivity index (χ4v) is 2.61. The topological polar surface area (TPSA) is 70.7 Å². The van der Waals surface area contributed by atoms with Crippen LogP contribution in [0.2, 0.25) is 0 Å². The van der Waals surface area contributed by atoms with Crippen molar-refractivity contribution in [3.05, 3.63) is 72.9 Å². The standard InChI is InChI=1S/C18H14BN3O2/c23-19(24)16-9-6-14(7-10-16)18-20-17-11-8-15(12-22(17)21-18)13-4-2-1-3-5-13/h1-12,23-24H. The predicted octanol–water partition coefficient (Wildman–Crippen LogP) is 1.74. The Hall–Kier alpha value is -2.96. The molecule has 0 saturated heterocycles. The molecule has 0 amide bonds. The van der Waals surface area contributed by atoms with Crippen molar-refractivity contribution in [3.63, 3.8) is 0 Å². The van der Waals surface area contributed by atoms with Gasteiger partial charge in [0.05, 0.1) is 0 Å². The molecule has 116 valence electrons. The summed E-state index contributed by atoms with van der Waals surface area (Å²) in [5.41, 5.74) is 4.21. The van der Waals surface area contributed by atoms with Gasteiger partial charge in [-0.1, -0.05) is 54.6 Å². The summed E-state index contributed by atoms with van der Waals surface area (Å²) in [4.78, 5) is 4.52. The van der Waals surface area contributed by atoms with Crippen LogP contribution < -0.4 is 5.46 Å². The molecular formula is C18H14BN3O2. The minimum Gasteiger partial charge on any atom is -0.423 e. The number of fused-ring (bicyclic) bond motifs is 1. The molecule has 0 radical (unpaired) electrons. The average Bonchev–Trinajstić information content (AvgIpc) is 3.06. The quantitative estimate of drug-likeness (QED) is 0.565. The van der Waals surface area contributed by atoms with E-state index in [9.17, 15) is 0 Å². The Balaban J connectivity index is 1.73. The van der Waals surface area contributed by atoms with Gasteiger partial charge in [0, 0.05) is 17.3 Å². The zero-order chi connectivity index (χ0) is 16.5. The van der Waals surface area contributed by atoms with E-state index in [1.807, 2.05) is 36.5 Å². The van der Waals surface area contributed by atoms with Crippen LogP contribution >= 0.6 is 0 Å². The Morgan fingerprint density at radius 2 is 1.46 bits per heavy atom. The van der Waals surface area contributed by atoms with E-state index in [4.69, 9.17) is 10.0 Å². The lowest BCUT2D eigenvalue weighted by Crippen LogP contribution is -2.29. The van der Waals surface area contributed by atoms with Gasteiger partial charge < -0.3 is 10.0 Å². The van der Waals surface area contributed by atoms with Crippen molar-refractivity contribution in [2.45, 2.75) is 0 Å². The molecule has 0 aliphatic heterocycles. The van der Waals surface area contributed by atoms with Crippen molar-refractivity contribution in [1.29, 1.82) is 0 Å². The Morgan fingerprint density at radius 1 is 0.750 bits per heavy atom. The number of nitrogens with zero attached hydrogens (tertiary/aromatic N) is 3. The van der Waals surface area contributed by atoms with Gasteiger partial charge in [0.15, 0.2) is 11.5 Å². The molecular weight excluding hydrogens is 301 g/mol. The molecule has 0 aliphatic carbocycles. The van der Waals surface area contributed by atoms with Crippen LogP contribution in [0.15, 0.2) is 72.9 Å². The van der Waals surface area contributed by atoms with E-state index in [-0.39, 0.29) is 0 Å². The Bertz CT molecular complexity index is 982. The van der Waals surface area contributed by atoms with E-state index in [1.165, 1.54) is 0 Å². The summed E-state index contributed by atoms with van der Waals surface area (Å²) in [7, 11) is -1.47. The first-order valence-electron chi connectivity index (χ1n) is 7.59. The highest BCUT2D eigenvalue weighted by Gasteiger charge is 2.12. The van der Waals surface area contributed by atoms with Crippen LogP contribution in [0.1, 0.15) is 0 Å². The van der Waals surface area contributed by atoms with Gasteiger partial charge >= 0.3 is 7.12 Å². The normalized spacial score (nSPS) is 10.9. The van der Waals surface area contributed by atoms with Crippen LogP contribution in [0.3, 0.4) is 0 Å². The van der Waals surface area contributed by atoms with E-state index < -0.39 is 7.12 Å². The Labute approximate surface area is 139 Å². The number of rotatable bonds is 3. The van der Waals surface area contributed by atoms with Crippen molar-refractivity contribution in [3.8, 4) is 22.5 Å². The van der Waals surface area contributed by atoms with Crippen LogP contribution in [-0.2, 0) is 0 Å². The SMILES string of the molecule is OB(O)c1ccc(-c2nc3ccc(-c4ccccc4)cn3n2)cc1. The molecule has 6 heteroatoms. The molecule has 4 aromatic rings. The van der Waals surface area contributed by atoms with Gasteiger partial charge in [0.2, 0.25) is 0 Å². The lowest BCUT2D eigenvalue weighted by Gasteiger charge is -2.01. The molecule has 24 heavy (non-hydrogen) atoms. The maximum absolute atomic E-state index is 9.16. The molecule has 0 unspecified atom stereocenters. The van der Waals surface area contributed by atoms with Crippen LogP contribution in [-0.4, -0.2) is 31.8 Å². The van der Waals surface area contributed by atoms with E-state index in [0.29, 0.717) is 11.3 Å². The summed E-state index contributed by atoms with van der Waals surface area (Å²) < 4.78 is 1.76. The van der Waals surface area contributed by atoms with Crippen LogP contribution in [0, 0.1) is 0 Å². The molecule has 2 aromatic heterocycles. The fraction of sp³-hybridized carbons (Fsp3) is 0. The van der Waals surface area contributed by atoms with Crippen LogP contribution in [0.5, 0.6) is 0 Å². The first kappa shape index (κ1) is 14.6. The maximum atomic E-state index is 9.16. The molecule has 2 aromatic carbocycles. The average molecular weight is 315 g/mol. The highest BCUT2D eigenvalue weighted by Crippen LogP contribution is 2.21. The van der Waals surface area contributed by atoms with Crippen molar-refractivity contribution < 1.29 is 10.0 Å². The van der Waals surface area contributed by atoms with E-state index in [1.54, 1.807) is 28.8 Å². The molecule has 4 rings (SSSR count). The number of benzene rings is 2. The summed E-state index contributed by atoms with van der Waals surface area (Å²) in [5.74, 6) is 0.596. The molecule has 2 N–H and O–H groups in total. The van der Waals surface area contributed by atoms with Crippen molar-refractivity contribution >= 4 is 18.2 Å². The van der Waals surface area contributed by atoms with Crippen molar-refractivity contribution in [2.24, 2.45) is 0 Å². The lowest BCUT2D eigenvalue weighted by atomic mass is 9.80. The highest BCUT2D eigenvalue weighted by atomic mass is 16.4. The second kappa shape index (κ2) is 5.92. The third kappa shape index (κ3) is 2.69. The monoisotopic (exact) mass is 315 g/mol. The van der Waals surface area contributed by atoms with E-state index in [0.717, 1.165) is 22.3 Å². The molecule has 0 fully saturated rings. The smallest absolute Gasteiger partial charge is 0.423 e. The summed E-state index contributed by atoms with van der Waals surface area (Å²) >= 11 is 0. The maximum Gasteiger partial charge on any atom is 0.488 e. The zero-order valence-corrected chi connectivity index (χ0v) is 12.7. The van der Waals surface area contributed by atoms with Gasteiger partial charge in [0.1, 0.15) is 0 Å². The van der Waals surface area contributed by atoms with Gasteiger partial charge in [-0.05, 0) is 23.2 Å². The van der Waals surface area contributed by atoms with Crippen molar-refractivity contribution in [1.82, 2.24) is 14.6 Å². The zero-order valence-electron chi connectivity index (χ0n) is 12.7. The molecule has 5 nitrogen and oxygen atoms in total. The highest BCUT2D eigenvalue weighted by molar-refractivity contribution is 6.58. The number of aromatic nitrogens is 3. The second-order valence-corrected chi connectivity index (χ2v) is 5.52. The molecule has 0 atom stereocenters. The first-order valence-corrected chi connectivity index (χ1v) is 7.59. The number of hydrogen-bond acceptors (Lipinski definition) is 4. The largest absolute Gasteiger partial charge is 0.488 e. The minimum absolute atomic E-state index is 0.439. The second-order valence-electron chi connectivity index (χ2n) is 5.52. The summed E-state index contributed by atoms with van der Waals surface area (Å²) in [5, 5.41) is 22.8. The van der Waals surface area contributed by atoms with Crippen LogP contribution in [0.25, 0.3) is 28.2 Å². The molecule has 0 bridgehead atoms. The lowest BCUT2D eigenvalue weighted by molar-refractivity contribution is 0.426. The minimum atomic E-state index is -1.47. The predicted molar refractivity (Wildman–Crippen MR) is 93.7 cm³/mol. The summed E-state index contributed by atoms with van der Waals surface area (Å²) in [6.07, 6.45) is 1.95. The Morgan fingerprint density at radius 3 is 2.17 bits per heavy atom. The first-order chi connectivity index (χ1) is 11.7. The van der Waals surface area contributed by atoms with Crippen LogP contribution in [0.4, 0.5) is 0 Å². The number of hydrogen-bond donors (Lipinski definition) is 2. The van der Waals surface area contributed by atoms with Gasteiger partial charge in [-0.25, -0.2) is 9.50 Å². The summed E-state index contributed by atoms with van der Waals surface area (Å²) in [6.45, 7) is 0. The van der Waals surface area contributed by atoms with E-state index >= 15 is 0 Å². The third-order valence-electron chi connectivity index (χ3n) is 3.91. The molecule has 0 spiro atoms. The van der Waals surface area contributed by atoms with E-state index in [2.05, 4.69) is 22.2 Å². The van der Waals surface area contributed by atoms with Gasteiger partial charge in [-0.15, -0.1) is 5.10 Å². The molecule has 0 saturated carbocycles. The summed E-state index contributed by atoms with van der Waals surface area (Å²) in [6, 6.07) is 20.9. The van der Waals surface area contributed by atoms with Crippen molar-refractivity contribution in [2.75, 3.05) is 0 Å². The van der Waals surface area contributed by atoms with Gasteiger partial charge in [0.25, 0.3) is 0 Å².